The maximum absolute atomic E-state index is 5.27. The van der Waals surface area contributed by atoms with Crippen LogP contribution in [0.1, 0.15) is 30.8 Å². The first-order valence-corrected chi connectivity index (χ1v) is 6.77. The summed E-state index contributed by atoms with van der Waals surface area (Å²) >= 11 is 1.57. The van der Waals surface area contributed by atoms with Gasteiger partial charge in [0.05, 0.1) is 24.4 Å². The number of ether oxygens (including phenoxy) is 1. The fourth-order valence-corrected chi connectivity index (χ4v) is 2.27. The van der Waals surface area contributed by atoms with Crippen LogP contribution in [0, 0.1) is 0 Å². The molecule has 1 unspecified atom stereocenters. The Morgan fingerprint density at radius 3 is 2.83 bits per heavy atom. The Balaban J connectivity index is 2.33. The molecule has 0 fully saturated rings. The molecule has 2 aromatic rings. The summed E-state index contributed by atoms with van der Waals surface area (Å²) in [5.74, 6) is 0.541. The van der Waals surface area contributed by atoms with E-state index in [1.54, 1.807) is 30.8 Å². The molecule has 6 heteroatoms. The Morgan fingerprint density at radius 2 is 2.17 bits per heavy atom. The normalized spacial score (nSPS) is 12.3. The van der Waals surface area contributed by atoms with E-state index in [1.807, 2.05) is 10.9 Å². The molecule has 2 heterocycles. The van der Waals surface area contributed by atoms with E-state index in [-0.39, 0.29) is 6.04 Å². The molecule has 0 spiro atoms. The molecule has 0 aromatic carbocycles. The van der Waals surface area contributed by atoms with Gasteiger partial charge in [0.25, 0.3) is 0 Å². The van der Waals surface area contributed by atoms with Gasteiger partial charge in [-0.1, -0.05) is 6.92 Å². The van der Waals surface area contributed by atoms with E-state index in [9.17, 15) is 0 Å². The van der Waals surface area contributed by atoms with Crippen molar-refractivity contribution < 1.29 is 4.74 Å². The highest BCUT2D eigenvalue weighted by Gasteiger charge is 2.21. The number of nitrogens with zero attached hydrogens (tertiary/aromatic N) is 3. The molecule has 0 amide bonds. The first-order chi connectivity index (χ1) is 8.86. The van der Waals surface area contributed by atoms with E-state index in [2.05, 4.69) is 27.2 Å². The second-order valence-corrected chi connectivity index (χ2v) is 4.47. The molecule has 1 atom stereocenters. The molecule has 0 saturated carbocycles. The van der Waals surface area contributed by atoms with E-state index < -0.39 is 0 Å². The monoisotopic (exact) mass is 264 g/mol. The van der Waals surface area contributed by atoms with E-state index in [4.69, 9.17) is 4.74 Å². The second kappa shape index (κ2) is 6.42. The Bertz CT molecular complexity index is 475. The van der Waals surface area contributed by atoms with Crippen molar-refractivity contribution in [2.24, 2.45) is 0 Å². The highest BCUT2D eigenvalue weighted by molar-refractivity contribution is 7.07. The molecule has 0 radical (unpaired) electrons. The minimum atomic E-state index is -0.0696. The summed E-state index contributed by atoms with van der Waals surface area (Å²) in [4.78, 5) is 12.9. The Kier molecular flexibility index (Phi) is 4.60. The lowest BCUT2D eigenvalue weighted by Crippen LogP contribution is -2.25. The smallest absolute Gasteiger partial charge is 0.237 e. The minimum Gasteiger partial charge on any atom is -0.480 e. The van der Waals surface area contributed by atoms with Crippen LogP contribution in [0.4, 0.5) is 0 Å². The van der Waals surface area contributed by atoms with Crippen LogP contribution >= 0.6 is 11.3 Å². The molecule has 96 valence electrons. The van der Waals surface area contributed by atoms with E-state index >= 15 is 0 Å². The van der Waals surface area contributed by atoms with Crippen molar-refractivity contribution in [1.29, 1.82) is 0 Å². The quantitative estimate of drug-likeness (QED) is 0.865. The fraction of sp³-hybridized carbons (Fsp3) is 0.417. The van der Waals surface area contributed by atoms with E-state index in [0.717, 1.165) is 24.4 Å². The van der Waals surface area contributed by atoms with Crippen molar-refractivity contribution in [2.45, 2.75) is 19.4 Å². The number of hydrogen-bond donors (Lipinski definition) is 1. The van der Waals surface area contributed by atoms with Crippen molar-refractivity contribution in [2.75, 3.05) is 13.7 Å². The van der Waals surface area contributed by atoms with Crippen molar-refractivity contribution in [3.8, 4) is 5.88 Å². The van der Waals surface area contributed by atoms with Crippen molar-refractivity contribution in [3.05, 3.63) is 34.7 Å². The SMILES string of the molecule is CCCNC(c1cscn1)c1nccnc1OC. The van der Waals surface area contributed by atoms with Gasteiger partial charge < -0.3 is 10.1 Å². The molecule has 1 N–H and O–H groups in total. The third-order valence-corrected chi connectivity index (χ3v) is 3.11. The first kappa shape index (κ1) is 12.9. The van der Waals surface area contributed by atoms with Crippen LogP contribution in [0.15, 0.2) is 23.3 Å². The summed E-state index contributed by atoms with van der Waals surface area (Å²) in [6.07, 6.45) is 4.34. The molecule has 2 rings (SSSR count). The predicted molar refractivity (Wildman–Crippen MR) is 70.8 cm³/mol. The van der Waals surface area contributed by atoms with Crippen molar-refractivity contribution in [3.63, 3.8) is 0 Å². The van der Waals surface area contributed by atoms with Gasteiger partial charge in [0.1, 0.15) is 5.69 Å². The van der Waals surface area contributed by atoms with E-state index in [1.165, 1.54) is 0 Å². The molecule has 0 bridgehead atoms. The number of methoxy groups -OCH3 is 1. The summed E-state index contributed by atoms with van der Waals surface area (Å²) in [6.45, 7) is 3.01. The molecule has 0 aliphatic carbocycles. The molecule has 0 aliphatic rings. The predicted octanol–water partition coefficient (Wildman–Crippen LogP) is 2.03. The largest absolute Gasteiger partial charge is 0.480 e. The second-order valence-electron chi connectivity index (χ2n) is 3.75. The number of hydrogen-bond acceptors (Lipinski definition) is 6. The lowest BCUT2D eigenvalue weighted by Gasteiger charge is -2.17. The lowest BCUT2D eigenvalue weighted by molar-refractivity contribution is 0.382. The van der Waals surface area contributed by atoms with Gasteiger partial charge in [0.2, 0.25) is 5.88 Å². The lowest BCUT2D eigenvalue weighted by atomic mass is 10.1. The van der Waals surface area contributed by atoms with Crippen LogP contribution in [0.25, 0.3) is 0 Å². The summed E-state index contributed by atoms with van der Waals surface area (Å²) in [6, 6.07) is -0.0696. The number of thiazole rings is 1. The molecule has 0 aliphatic heterocycles. The van der Waals surface area contributed by atoms with Crippen molar-refractivity contribution in [1.82, 2.24) is 20.3 Å². The zero-order valence-corrected chi connectivity index (χ0v) is 11.3. The molecule has 0 saturated heterocycles. The zero-order chi connectivity index (χ0) is 12.8. The molecule has 5 nitrogen and oxygen atoms in total. The van der Waals surface area contributed by atoms with Crippen LogP contribution in [-0.2, 0) is 0 Å². The zero-order valence-electron chi connectivity index (χ0n) is 10.5. The highest BCUT2D eigenvalue weighted by Crippen LogP contribution is 2.25. The topological polar surface area (TPSA) is 59.9 Å². The van der Waals surface area contributed by atoms with Crippen LogP contribution in [0.2, 0.25) is 0 Å². The molecule has 2 aromatic heterocycles. The van der Waals surface area contributed by atoms with Gasteiger partial charge >= 0.3 is 0 Å². The van der Waals surface area contributed by atoms with Crippen LogP contribution in [0.3, 0.4) is 0 Å². The number of aromatic nitrogens is 3. The standard InChI is InChI=1S/C12H16N4OS/c1-3-4-13-10(9-7-18-8-16-9)11-12(17-2)15-6-5-14-11/h5-8,10,13H,3-4H2,1-2H3. The highest BCUT2D eigenvalue weighted by atomic mass is 32.1. The summed E-state index contributed by atoms with van der Waals surface area (Å²) in [7, 11) is 1.60. The van der Waals surface area contributed by atoms with Gasteiger partial charge in [-0.3, -0.25) is 4.98 Å². The van der Waals surface area contributed by atoms with E-state index in [0.29, 0.717) is 5.88 Å². The first-order valence-electron chi connectivity index (χ1n) is 5.83. The van der Waals surface area contributed by atoms with Crippen LogP contribution in [0.5, 0.6) is 5.88 Å². The minimum absolute atomic E-state index is 0.0696. The summed E-state index contributed by atoms with van der Waals surface area (Å²) in [5.41, 5.74) is 3.55. The molecular weight excluding hydrogens is 248 g/mol. The average Bonchev–Trinajstić information content (AvgIpc) is 2.94. The Morgan fingerprint density at radius 1 is 1.33 bits per heavy atom. The van der Waals surface area contributed by atoms with Crippen molar-refractivity contribution >= 4 is 11.3 Å². The van der Waals surface area contributed by atoms with Gasteiger partial charge in [-0.2, -0.15) is 0 Å². The maximum Gasteiger partial charge on any atom is 0.237 e. The maximum atomic E-state index is 5.27. The summed E-state index contributed by atoms with van der Waals surface area (Å²) < 4.78 is 5.27. The van der Waals surface area contributed by atoms with Gasteiger partial charge in [-0.15, -0.1) is 11.3 Å². The number of nitrogens with one attached hydrogen (secondary N) is 1. The molecular formula is C12H16N4OS. The van der Waals surface area contributed by atoms with Gasteiger partial charge in [-0.05, 0) is 13.0 Å². The fourth-order valence-electron chi connectivity index (χ4n) is 1.69. The van der Waals surface area contributed by atoms with Crippen LogP contribution in [-0.4, -0.2) is 28.6 Å². The summed E-state index contributed by atoms with van der Waals surface area (Å²) in [5, 5.41) is 5.44. The number of rotatable bonds is 6. The Labute approximate surface area is 110 Å². The third kappa shape index (κ3) is 2.83. The van der Waals surface area contributed by atoms with Crippen LogP contribution < -0.4 is 10.1 Å². The van der Waals surface area contributed by atoms with Gasteiger partial charge in [0.15, 0.2) is 0 Å². The molecule has 18 heavy (non-hydrogen) atoms. The van der Waals surface area contributed by atoms with Gasteiger partial charge in [0, 0.05) is 17.8 Å². The average molecular weight is 264 g/mol. The van der Waals surface area contributed by atoms with Gasteiger partial charge in [-0.25, -0.2) is 9.97 Å². The Hall–Kier alpha value is -1.53. The third-order valence-electron chi connectivity index (χ3n) is 2.50.